The molecule has 0 saturated heterocycles. The van der Waals surface area contributed by atoms with Gasteiger partial charge in [0.25, 0.3) is 6.43 Å². The van der Waals surface area contributed by atoms with E-state index in [-0.39, 0.29) is 25.0 Å². The van der Waals surface area contributed by atoms with E-state index in [1.807, 2.05) is 6.92 Å². The summed E-state index contributed by atoms with van der Waals surface area (Å²) in [6, 6.07) is 5.05. The number of ether oxygens (including phenoxy) is 1. The summed E-state index contributed by atoms with van der Waals surface area (Å²) in [5, 5.41) is 0. The summed E-state index contributed by atoms with van der Waals surface area (Å²) in [6.07, 6.45) is -2.49. The predicted octanol–water partition coefficient (Wildman–Crippen LogP) is 2.23. The van der Waals surface area contributed by atoms with Crippen LogP contribution in [0.1, 0.15) is 24.1 Å². The molecule has 0 fully saturated rings. The van der Waals surface area contributed by atoms with Gasteiger partial charge in [0.05, 0.1) is 0 Å². The van der Waals surface area contributed by atoms with E-state index in [4.69, 9.17) is 16.2 Å². The summed E-state index contributed by atoms with van der Waals surface area (Å²) in [5.74, 6) is 0.396. The van der Waals surface area contributed by atoms with Gasteiger partial charge < -0.3 is 16.2 Å². The number of halogens is 3. The van der Waals surface area contributed by atoms with Crippen LogP contribution in [0.3, 0.4) is 0 Å². The van der Waals surface area contributed by atoms with Gasteiger partial charge in [0.15, 0.2) is 0 Å². The fraction of sp³-hybridized carbons (Fsp3) is 0.455. The van der Waals surface area contributed by atoms with Crippen molar-refractivity contribution < 1.29 is 13.5 Å². The average molecular weight is 267 g/mol. The third-order valence-electron chi connectivity index (χ3n) is 2.20. The summed E-state index contributed by atoms with van der Waals surface area (Å²) in [5.41, 5.74) is 12.8. The summed E-state index contributed by atoms with van der Waals surface area (Å²) in [6.45, 7) is 1.46. The SMILES string of the molecule is CC(N)c1ccc(OCC(F)F)c(CN)c1.Cl. The summed E-state index contributed by atoms with van der Waals surface area (Å²) in [4.78, 5) is 0. The Hall–Kier alpha value is -0.910. The average Bonchev–Trinajstić information content (AvgIpc) is 2.25. The maximum Gasteiger partial charge on any atom is 0.272 e. The van der Waals surface area contributed by atoms with Crippen LogP contribution in [0.4, 0.5) is 8.78 Å². The second kappa shape index (κ2) is 7.42. The first-order chi connectivity index (χ1) is 7.54. The van der Waals surface area contributed by atoms with Gasteiger partial charge in [0.2, 0.25) is 0 Å². The van der Waals surface area contributed by atoms with E-state index in [0.29, 0.717) is 11.3 Å². The number of rotatable bonds is 5. The molecule has 17 heavy (non-hydrogen) atoms. The molecule has 1 unspecified atom stereocenters. The van der Waals surface area contributed by atoms with E-state index in [9.17, 15) is 8.78 Å². The zero-order valence-corrected chi connectivity index (χ0v) is 10.3. The van der Waals surface area contributed by atoms with Crippen molar-refractivity contribution in [3.8, 4) is 5.75 Å². The third kappa shape index (κ3) is 4.85. The van der Waals surface area contributed by atoms with Crippen molar-refractivity contribution in [1.29, 1.82) is 0 Å². The molecule has 98 valence electrons. The molecule has 1 aromatic rings. The highest BCUT2D eigenvalue weighted by Gasteiger charge is 2.09. The van der Waals surface area contributed by atoms with Gasteiger partial charge in [0, 0.05) is 18.2 Å². The number of benzene rings is 1. The monoisotopic (exact) mass is 266 g/mol. The first kappa shape index (κ1) is 16.1. The van der Waals surface area contributed by atoms with Crippen LogP contribution in [0.5, 0.6) is 5.75 Å². The van der Waals surface area contributed by atoms with E-state index in [0.717, 1.165) is 5.56 Å². The Balaban J connectivity index is 0.00000256. The fourth-order valence-corrected chi connectivity index (χ4v) is 1.34. The van der Waals surface area contributed by atoms with Gasteiger partial charge in [-0.05, 0) is 24.6 Å². The van der Waals surface area contributed by atoms with Crippen LogP contribution in [-0.2, 0) is 6.54 Å². The second-order valence-corrected chi connectivity index (χ2v) is 3.56. The minimum atomic E-state index is -2.49. The van der Waals surface area contributed by atoms with Crippen LogP contribution < -0.4 is 16.2 Å². The Morgan fingerprint density at radius 2 is 2.00 bits per heavy atom. The van der Waals surface area contributed by atoms with Gasteiger partial charge in [0.1, 0.15) is 12.4 Å². The largest absolute Gasteiger partial charge is 0.487 e. The Morgan fingerprint density at radius 1 is 1.35 bits per heavy atom. The minimum absolute atomic E-state index is 0. The Bertz CT molecular complexity index is 348. The van der Waals surface area contributed by atoms with E-state index in [2.05, 4.69) is 0 Å². The molecule has 0 aliphatic rings. The topological polar surface area (TPSA) is 61.3 Å². The Kier molecular flexibility index (Phi) is 7.03. The van der Waals surface area contributed by atoms with Crippen LogP contribution in [0.25, 0.3) is 0 Å². The molecule has 0 radical (unpaired) electrons. The Morgan fingerprint density at radius 3 is 2.47 bits per heavy atom. The van der Waals surface area contributed by atoms with Crippen LogP contribution in [-0.4, -0.2) is 13.0 Å². The molecule has 1 rings (SSSR count). The molecule has 3 nitrogen and oxygen atoms in total. The van der Waals surface area contributed by atoms with Crippen LogP contribution in [0, 0.1) is 0 Å². The van der Waals surface area contributed by atoms with Crippen molar-refractivity contribution in [3.63, 3.8) is 0 Å². The molecule has 4 N–H and O–H groups in total. The molecule has 0 heterocycles. The van der Waals surface area contributed by atoms with Gasteiger partial charge in [-0.3, -0.25) is 0 Å². The molecule has 1 aromatic carbocycles. The first-order valence-corrected chi connectivity index (χ1v) is 5.04. The smallest absolute Gasteiger partial charge is 0.272 e. The minimum Gasteiger partial charge on any atom is -0.487 e. The third-order valence-corrected chi connectivity index (χ3v) is 2.20. The first-order valence-electron chi connectivity index (χ1n) is 5.04. The quantitative estimate of drug-likeness (QED) is 0.859. The zero-order valence-electron chi connectivity index (χ0n) is 9.53. The molecule has 0 spiro atoms. The molecule has 0 amide bonds. The van der Waals surface area contributed by atoms with Crippen molar-refractivity contribution in [2.45, 2.75) is 25.9 Å². The van der Waals surface area contributed by atoms with Gasteiger partial charge in [-0.2, -0.15) is 0 Å². The van der Waals surface area contributed by atoms with E-state index in [1.165, 1.54) is 0 Å². The fourth-order valence-electron chi connectivity index (χ4n) is 1.34. The lowest BCUT2D eigenvalue weighted by Crippen LogP contribution is -2.11. The van der Waals surface area contributed by atoms with Crippen molar-refractivity contribution in [2.75, 3.05) is 6.61 Å². The van der Waals surface area contributed by atoms with Gasteiger partial charge in [-0.25, -0.2) is 8.78 Å². The summed E-state index contributed by atoms with van der Waals surface area (Å²) < 4.78 is 28.9. The molecule has 0 saturated carbocycles. The molecule has 0 aliphatic heterocycles. The van der Waals surface area contributed by atoms with Crippen molar-refractivity contribution in [1.82, 2.24) is 0 Å². The predicted molar refractivity (Wildman–Crippen MR) is 65.7 cm³/mol. The molecule has 0 bridgehead atoms. The molecular weight excluding hydrogens is 250 g/mol. The van der Waals surface area contributed by atoms with Gasteiger partial charge in [-0.15, -0.1) is 12.4 Å². The zero-order chi connectivity index (χ0) is 12.1. The highest BCUT2D eigenvalue weighted by atomic mass is 35.5. The van der Waals surface area contributed by atoms with E-state index < -0.39 is 13.0 Å². The van der Waals surface area contributed by atoms with Crippen LogP contribution in [0.15, 0.2) is 18.2 Å². The van der Waals surface area contributed by atoms with Gasteiger partial charge >= 0.3 is 0 Å². The van der Waals surface area contributed by atoms with E-state index in [1.54, 1.807) is 18.2 Å². The van der Waals surface area contributed by atoms with Crippen molar-refractivity contribution in [3.05, 3.63) is 29.3 Å². The molecular formula is C11H17ClF2N2O. The Labute approximate surface area is 106 Å². The lowest BCUT2D eigenvalue weighted by Gasteiger charge is -2.13. The molecule has 1 atom stereocenters. The number of hydrogen-bond donors (Lipinski definition) is 2. The highest BCUT2D eigenvalue weighted by Crippen LogP contribution is 2.22. The summed E-state index contributed by atoms with van der Waals surface area (Å²) in [7, 11) is 0. The summed E-state index contributed by atoms with van der Waals surface area (Å²) >= 11 is 0. The molecule has 0 aliphatic carbocycles. The normalized spacial score (nSPS) is 12.1. The lowest BCUT2D eigenvalue weighted by molar-refractivity contribution is 0.0814. The lowest BCUT2D eigenvalue weighted by atomic mass is 10.0. The number of nitrogens with two attached hydrogens (primary N) is 2. The second-order valence-electron chi connectivity index (χ2n) is 3.56. The molecule has 6 heteroatoms. The van der Waals surface area contributed by atoms with E-state index >= 15 is 0 Å². The molecule has 0 aromatic heterocycles. The van der Waals surface area contributed by atoms with Gasteiger partial charge in [-0.1, -0.05) is 6.07 Å². The van der Waals surface area contributed by atoms with Crippen molar-refractivity contribution in [2.24, 2.45) is 11.5 Å². The number of alkyl halides is 2. The van der Waals surface area contributed by atoms with Crippen LogP contribution in [0.2, 0.25) is 0 Å². The number of hydrogen-bond acceptors (Lipinski definition) is 3. The highest BCUT2D eigenvalue weighted by molar-refractivity contribution is 5.85. The maximum atomic E-state index is 12.0. The van der Waals surface area contributed by atoms with Crippen LogP contribution >= 0.6 is 12.4 Å². The maximum absolute atomic E-state index is 12.0. The standard InChI is InChI=1S/C11H16F2N2O.ClH/c1-7(15)8-2-3-10(9(4-8)5-14)16-6-11(12)13;/h2-4,7,11H,5-6,14-15H2,1H3;1H. The van der Waals surface area contributed by atoms with Crippen molar-refractivity contribution >= 4 is 12.4 Å².